The summed E-state index contributed by atoms with van der Waals surface area (Å²) >= 11 is 0.780. The molecule has 10 heteroatoms. The Bertz CT molecular complexity index is 1200. The third kappa shape index (κ3) is 3.93. The molecule has 3 fully saturated rings. The first-order valence-electron chi connectivity index (χ1n) is 12.6. The number of nitrogens with zero attached hydrogens (tertiary/aromatic N) is 2. The number of fused-ring (bicyclic) bond motifs is 5. The van der Waals surface area contributed by atoms with Crippen LogP contribution in [0.25, 0.3) is 0 Å². The summed E-state index contributed by atoms with van der Waals surface area (Å²) < 4.78 is 39.1. The summed E-state index contributed by atoms with van der Waals surface area (Å²) in [5.41, 5.74) is -3.16. The van der Waals surface area contributed by atoms with Gasteiger partial charge in [-0.3, -0.25) is 9.59 Å². The van der Waals surface area contributed by atoms with E-state index in [9.17, 15) is 33.0 Å². The average Bonchev–Trinajstić information content (AvgIpc) is 3.03. The maximum atomic E-state index is 13.6. The Morgan fingerprint density at radius 1 is 1.30 bits per heavy atom. The Labute approximate surface area is 217 Å². The van der Waals surface area contributed by atoms with E-state index in [4.69, 9.17) is 0 Å². The van der Waals surface area contributed by atoms with Crippen LogP contribution in [0.2, 0.25) is 0 Å². The lowest BCUT2D eigenvalue weighted by atomic mass is 9.46. The molecule has 4 aliphatic rings. The topological polar surface area (TPSA) is 100 Å². The number of ketones is 2. The van der Waals surface area contributed by atoms with Crippen molar-refractivity contribution in [1.29, 1.82) is 0 Å². The summed E-state index contributed by atoms with van der Waals surface area (Å²) in [6.07, 6.45) is 3.06. The maximum Gasteiger partial charge on any atom is 0.433 e. The highest BCUT2D eigenvalue weighted by atomic mass is 32.2. The number of aliphatic hydroxyl groups is 2. The van der Waals surface area contributed by atoms with Crippen LogP contribution in [0, 0.1) is 34.5 Å². The van der Waals surface area contributed by atoms with E-state index in [1.165, 1.54) is 0 Å². The van der Waals surface area contributed by atoms with Gasteiger partial charge in [0.15, 0.2) is 16.7 Å². The summed E-state index contributed by atoms with van der Waals surface area (Å²) in [5.74, 6) is -1.29. The molecule has 0 bridgehead atoms. The van der Waals surface area contributed by atoms with E-state index in [1.807, 2.05) is 19.9 Å². The molecule has 1 heterocycles. The van der Waals surface area contributed by atoms with Gasteiger partial charge in [-0.2, -0.15) is 13.2 Å². The molecule has 4 aliphatic carbocycles. The standard InChI is InChI=1S/C27H31F3N2O4S/c1-14-10-18-17-5-4-15-11-16(33)6-8-24(15,2)22(17)19(34)12-25(18,3)26(14,36)21(35)13-37-23-31-9-7-20(32-23)27(28,29)30/h6-9,11,14,17-19,22,34,36H,4-5,10,12-13H2,1-3H3/t14-,17?,18?,19?,22?,24?,25?,26+/m1/s1. The molecule has 0 amide bonds. The third-order valence-electron chi connectivity index (χ3n) is 9.76. The van der Waals surface area contributed by atoms with Gasteiger partial charge in [0.2, 0.25) is 0 Å². The fourth-order valence-electron chi connectivity index (χ4n) is 8.06. The van der Waals surface area contributed by atoms with Gasteiger partial charge >= 0.3 is 6.18 Å². The van der Waals surface area contributed by atoms with Gasteiger partial charge in [0.25, 0.3) is 0 Å². The molecule has 8 atom stereocenters. The van der Waals surface area contributed by atoms with Crippen molar-refractivity contribution in [2.45, 2.75) is 69.5 Å². The van der Waals surface area contributed by atoms with Crippen molar-refractivity contribution in [2.24, 2.45) is 34.5 Å². The predicted octanol–water partition coefficient (Wildman–Crippen LogP) is 4.41. The van der Waals surface area contributed by atoms with Gasteiger partial charge in [0.1, 0.15) is 11.3 Å². The number of halogens is 3. The first-order chi connectivity index (χ1) is 17.2. The number of carbonyl (C=O) groups excluding carboxylic acids is 2. The molecule has 3 saturated carbocycles. The molecule has 0 radical (unpaired) electrons. The Morgan fingerprint density at radius 2 is 2.03 bits per heavy atom. The van der Waals surface area contributed by atoms with E-state index in [0.29, 0.717) is 6.42 Å². The molecule has 6 unspecified atom stereocenters. The SMILES string of the molecule is C[C@@H]1CC2C3CCC4=CC(=O)C=CC4(C)C3C(O)CC2(C)[C@@]1(O)C(=O)CSc1nccc(C(F)(F)F)n1. The molecule has 6 nitrogen and oxygen atoms in total. The van der Waals surface area contributed by atoms with Crippen LogP contribution in [0.3, 0.4) is 0 Å². The van der Waals surface area contributed by atoms with Gasteiger partial charge in [-0.05, 0) is 61.7 Å². The van der Waals surface area contributed by atoms with Crippen LogP contribution in [-0.4, -0.2) is 49.2 Å². The minimum atomic E-state index is -4.62. The van der Waals surface area contributed by atoms with Crippen molar-refractivity contribution >= 4 is 23.3 Å². The number of Topliss-reactive ketones (excluding diaryl/α,β-unsaturated/α-hetero) is 1. The van der Waals surface area contributed by atoms with E-state index >= 15 is 0 Å². The second-order valence-electron chi connectivity index (χ2n) is 11.5. The molecule has 1 aromatic rings. The van der Waals surface area contributed by atoms with E-state index < -0.39 is 46.1 Å². The zero-order valence-corrected chi connectivity index (χ0v) is 21.8. The van der Waals surface area contributed by atoms with Crippen molar-refractivity contribution in [3.63, 3.8) is 0 Å². The normalized spacial score (nSPS) is 41.0. The summed E-state index contributed by atoms with van der Waals surface area (Å²) in [5, 5.41) is 23.3. The smallest absolute Gasteiger partial charge is 0.393 e. The molecular weight excluding hydrogens is 505 g/mol. The number of allylic oxidation sites excluding steroid dienone is 4. The highest BCUT2D eigenvalue weighted by molar-refractivity contribution is 7.99. The summed E-state index contributed by atoms with van der Waals surface area (Å²) in [6, 6.07) is 0.770. The monoisotopic (exact) mass is 536 g/mol. The molecule has 0 saturated heterocycles. The fraction of sp³-hybridized carbons (Fsp3) is 0.630. The molecule has 2 N–H and O–H groups in total. The van der Waals surface area contributed by atoms with Gasteiger partial charge in [-0.25, -0.2) is 9.97 Å². The van der Waals surface area contributed by atoms with E-state index in [0.717, 1.165) is 42.4 Å². The van der Waals surface area contributed by atoms with Crippen LogP contribution in [0.4, 0.5) is 13.2 Å². The Hall–Kier alpha value is -2.04. The van der Waals surface area contributed by atoms with Gasteiger partial charge < -0.3 is 10.2 Å². The van der Waals surface area contributed by atoms with E-state index in [-0.39, 0.29) is 40.9 Å². The lowest BCUT2D eigenvalue weighted by Gasteiger charge is -2.59. The van der Waals surface area contributed by atoms with Crippen LogP contribution in [-0.2, 0) is 15.8 Å². The molecule has 0 aliphatic heterocycles. The molecule has 200 valence electrons. The van der Waals surface area contributed by atoms with Gasteiger partial charge in [0, 0.05) is 22.9 Å². The van der Waals surface area contributed by atoms with Crippen molar-refractivity contribution in [1.82, 2.24) is 9.97 Å². The number of rotatable bonds is 4. The molecule has 0 spiro atoms. The minimum Gasteiger partial charge on any atom is -0.393 e. The maximum absolute atomic E-state index is 13.6. The first-order valence-corrected chi connectivity index (χ1v) is 13.6. The first kappa shape index (κ1) is 26.6. The van der Waals surface area contributed by atoms with Crippen LogP contribution < -0.4 is 0 Å². The molecule has 5 rings (SSSR count). The average molecular weight is 537 g/mol. The summed E-state index contributed by atoms with van der Waals surface area (Å²) in [7, 11) is 0. The quantitative estimate of drug-likeness (QED) is 0.434. The molecule has 1 aromatic heterocycles. The molecule has 37 heavy (non-hydrogen) atoms. The van der Waals surface area contributed by atoms with Crippen LogP contribution in [0.15, 0.2) is 41.2 Å². The number of hydrogen-bond acceptors (Lipinski definition) is 7. The van der Waals surface area contributed by atoms with E-state index in [1.54, 1.807) is 12.2 Å². The van der Waals surface area contributed by atoms with E-state index in [2.05, 4.69) is 16.9 Å². The Kier molecular flexibility index (Phi) is 6.28. The Morgan fingerprint density at radius 3 is 2.73 bits per heavy atom. The lowest BCUT2D eigenvalue weighted by molar-refractivity contribution is -0.179. The lowest BCUT2D eigenvalue weighted by Crippen LogP contribution is -2.62. The Balaban J connectivity index is 1.40. The van der Waals surface area contributed by atoms with Crippen molar-refractivity contribution in [3.8, 4) is 0 Å². The number of carbonyl (C=O) groups is 2. The predicted molar refractivity (Wildman–Crippen MR) is 130 cm³/mol. The number of aliphatic hydroxyl groups excluding tert-OH is 1. The van der Waals surface area contributed by atoms with Crippen molar-refractivity contribution in [2.75, 3.05) is 5.75 Å². The second kappa shape index (κ2) is 8.74. The summed E-state index contributed by atoms with van der Waals surface area (Å²) in [6.45, 7) is 5.77. The van der Waals surface area contributed by atoms with Crippen molar-refractivity contribution < 1.29 is 33.0 Å². The summed E-state index contributed by atoms with van der Waals surface area (Å²) in [4.78, 5) is 33.0. The largest absolute Gasteiger partial charge is 0.433 e. The van der Waals surface area contributed by atoms with Gasteiger partial charge in [0.05, 0.1) is 11.9 Å². The minimum absolute atomic E-state index is 0.0240. The van der Waals surface area contributed by atoms with Crippen LogP contribution in [0.5, 0.6) is 0 Å². The van der Waals surface area contributed by atoms with Gasteiger partial charge in [-0.15, -0.1) is 0 Å². The highest BCUT2D eigenvalue weighted by Crippen LogP contribution is 2.68. The highest BCUT2D eigenvalue weighted by Gasteiger charge is 2.70. The van der Waals surface area contributed by atoms with Crippen LogP contribution in [0.1, 0.15) is 52.1 Å². The fourth-order valence-corrected chi connectivity index (χ4v) is 8.84. The molecular formula is C27H31F3N2O4S. The second-order valence-corrected chi connectivity index (χ2v) is 12.5. The number of thioether (sulfide) groups is 1. The zero-order valence-electron chi connectivity index (χ0n) is 21.0. The molecule has 0 aromatic carbocycles. The van der Waals surface area contributed by atoms with Crippen LogP contribution >= 0.6 is 11.8 Å². The van der Waals surface area contributed by atoms with Gasteiger partial charge in [-0.1, -0.05) is 44.2 Å². The number of aromatic nitrogens is 2. The number of hydrogen-bond donors (Lipinski definition) is 2. The van der Waals surface area contributed by atoms with Crippen molar-refractivity contribution in [3.05, 3.63) is 41.8 Å². The zero-order chi connectivity index (χ0) is 27.0. The third-order valence-corrected chi connectivity index (χ3v) is 10.6. The number of alkyl halides is 3.